The highest BCUT2D eigenvalue weighted by Crippen LogP contribution is 2.31. The summed E-state index contributed by atoms with van der Waals surface area (Å²) in [6, 6.07) is 14.6. The minimum atomic E-state index is -0.352. The second-order valence-corrected chi connectivity index (χ2v) is 7.32. The Morgan fingerprint density at radius 1 is 1.04 bits per heavy atom. The van der Waals surface area contributed by atoms with E-state index >= 15 is 0 Å². The summed E-state index contributed by atoms with van der Waals surface area (Å²) in [6.07, 6.45) is 0. The van der Waals surface area contributed by atoms with Gasteiger partial charge in [-0.2, -0.15) is 0 Å². The fourth-order valence-electron chi connectivity index (χ4n) is 2.48. The van der Waals surface area contributed by atoms with Gasteiger partial charge in [-0.1, -0.05) is 35.3 Å². The zero-order valence-electron chi connectivity index (χ0n) is 13.2. The topological polar surface area (TPSA) is 35.5 Å². The molecule has 0 aliphatic heterocycles. The standard InChI is InChI=1S/C19H13Cl2IO3/c1-24-19(23)13-2-4-16-12(8-13)3-5-17(18(16)22)25-10-11-6-14(20)9-15(21)7-11/h2-9H,10H2,1H3. The number of methoxy groups -OCH3 is 1. The number of rotatable bonds is 4. The molecule has 6 heteroatoms. The molecule has 3 aromatic rings. The molecule has 0 bridgehead atoms. The van der Waals surface area contributed by atoms with E-state index in [1.807, 2.05) is 36.4 Å². The summed E-state index contributed by atoms with van der Waals surface area (Å²) in [4.78, 5) is 11.7. The number of halogens is 3. The number of benzene rings is 3. The van der Waals surface area contributed by atoms with E-state index in [1.165, 1.54) is 7.11 Å². The van der Waals surface area contributed by atoms with Gasteiger partial charge in [0.2, 0.25) is 0 Å². The van der Waals surface area contributed by atoms with Crippen molar-refractivity contribution in [3.63, 3.8) is 0 Å². The van der Waals surface area contributed by atoms with Crippen molar-refractivity contribution in [3.05, 3.63) is 73.3 Å². The monoisotopic (exact) mass is 486 g/mol. The van der Waals surface area contributed by atoms with E-state index in [2.05, 4.69) is 22.6 Å². The van der Waals surface area contributed by atoms with Crippen LogP contribution in [0.25, 0.3) is 10.8 Å². The van der Waals surface area contributed by atoms with Crippen LogP contribution in [0.15, 0.2) is 48.5 Å². The van der Waals surface area contributed by atoms with Crippen LogP contribution in [0.4, 0.5) is 0 Å². The van der Waals surface area contributed by atoms with Crippen LogP contribution in [0.5, 0.6) is 5.75 Å². The Balaban J connectivity index is 1.87. The van der Waals surface area contributed by atoms with E-state index in [0.717, 1.165) is 25.7 Å². The molecule has 0 heterocycles. The smallest absolute Gasteiger partial charge is 0.337 e. The van der Waals surface area contributed by atoms with Crippen molar-refractivity contribution >= 4 is 62.5 Å². The molecule has 0 fully saturated rings. The van der Waals surface area contributed by atoms with E-state index in [1.54, 1.807) is 12.1 Å². The fourth-order valence-corrected chi connectivity index (χ4v) is 3.88. The molecule has 0 saturated carbocycles. The molecule has 0 aliphatic rings. The number of carbonyl (C=O) groups excluding carboxylic acids is 1. The van der Waals surface area contributed by atoms with Crippen LogP contribution in [-0.2, 0) is 11.3 Å². The number of hydrogen-bond acceptors (Lipinski definition) is 3. The third kappa shape index (κ3) is 4.19. The van der Waals surface area contributed by atoms with Gasteiger partial charge in [0.05, 0.1) is 16.2 Å². The summed E-state index contributed by atoms with van der Waals surface area (Å²) in [5.74, 6) is 0.407. The van der Waals surface area contributed by atoms with Crippen LogP contribution in [0.1, 0.15) is 15.9 Å². The molecule has 0 saturated heterocycles. The Hall–Kier alpha value is -1.50. The van der Waals surface area contributed by atoms with Gasteiger partial charge < -0.3 is 9.47 Å². The maximum absolute atomic E-state index is 11.7. The van der Waals surface area contributed by atoms with Gasteiger partial charge in [-0.05, 0) is 75.3 Å². The van der Waals surface area contributed by atoms with Crippen LogP contribution in [0, 0.1) is 3.57 Å². The minimum Gasteiger partial charge on any atom is -0.488 e. The van der Waals surface area contributed by atoms with E-state index in [9.17, 15) is 4.79 Å². The highest BCUT2D eigenvalue weighted by Gasteiger charge is 2.11. The van der Waals surface area contributed by atoms with Gasteiger partial charge in [-0.15, -0.1) is 0 Å². The summed E-state index contributed by atoms with van der Waals surface area (Å²) >= 11 is 14.3. The average Bonchev–Trinajstić information content (AvgIpc) is 2.59. The van der Waals surface area contributed by atoms with E-state index in [-0.39, 0.29) is 5.97 Å². The fraction of sp³-hybridized carbons (Fsp3) is 0.105. The van der Waals surface area contributed by atoms with Crippen molar-refractivity contribution < 1.29 is 14.3 Å². The molecule has 0 aromatic heterocycles. The summed E-state index contributed by atoms with van der Waals surface area (Å²) in [5, 5.41) is 3.12. The van der Waals surface area contributed by atoms with Crippen LogP contribution < -0.4 is 4.74 Å². The summed E-state index contributed by atoms with van der Waals surface area (Å²) in [5.41, 5.74) is 1.42. The first kappa shape index (κ1) is 18.3. The molecule has 0 radical (unpaired) electrons. The predicted molar refractivity (Wildman–Crippen MR) is 109 cm³/mol. The van der Waals surface area contributed by atoms with Crippen molar-refractivity contribution in [1.29, 1.82) is 0 Å². The number of ether oxygens (including phenoxy) is 2. The van der Waals surface area contributed by atoms with E-state index in [0.29, 0.717) is 22.2 Å². The van der Waals surface area contributed by atoms with Crippen molar-refractivity contribution in [1.82, 2.24) is 0 Å². The molecular weight excluding hydrogens is 474 g/mol. The van der Waals surface area contributed by atoms with Gasteiger partial charge in [-0.3, -0.25) is 0 Å². The average molecular weight is 487 g/mol. The van der Waals surface area contributed by atoms with E-state index < -0.39 is 0 Å². The zero-order chi connectivity index (χ0) is 18.0. The third-order valence-electron chi connectivity index (χ3n) is 3.66. The molecule has 3 nitrogen and oxygen atoms in total. The van der Waals surface area contributed by atoms with Gasteiger partial charge in [0.15, 0.2) is 0 Å². The molecule has 0 atom stereocenters. The van der Waals surface area contributed by atoms with Crippen LogP contribution in [0.3, 0.4) is 0 Å². The lowest BCUT2D eigenvalue weighted by Gasteiger charge is -2.12. The molecule has 0 amide bonds. The first-order valence-corrected chi connectivity index (χ1v) is 9.20. The Bertz CT molecular complexity index is 937. The van der Waals surface area contributed by atoms with Gasteiger partial charge in [0.25, 0.3) is 0 Å². The number of esters is 1. The Morgan fingerprint density at radius 3 is 2.44 bits per heavy atom. The Labute approximate surface area is 169 Å². The minimum absolute atomic E-state index is 0.352. The van der Waals surface area contributed by atoms with Crippen molar-refractivity contribution in [2.75, 3.05) is 7.11 Å². The van der Waals surface area contributed by atoms with E-state index in [4.69, 9.17) is 32.7 Å². The van der Waals surface area contributed by atoms with Crippen LogP contribution in [0.2, 0.25) is 10.0 Å². The SMILES string of the molecule is COC(=O)c1ccc2c(I)c(OCc3cc(Cl)cc(Cl)c3)ccc2c1. The van der Waals surface area contributed by atoms with Crippen molar-refractivity contribution in [3.8, 4) is 5.75 Å². The Kier molecular flexibility index (Phi) is 5.71. The second-order valence-electron chi connectivity index (χ2n) is 5.37. The van der Waals surface area contributed by atoms with Crippen LogP contribution in [-0.4, -0.2) is 13.1 Å². The van der Waals surface area contributed by atoms with Gasteiger partial charge in [0, 0.05) is 10.0 Å². The number of fused-ring (bicyclic) bond motifs is 1. The summed E-state index contributed by atoms with van der Waals surface area (Å²) in [7, 11) is 1.37. The molecule has 0 unspecified atom stereocenters. The first-order valence-electron chi connectivity index (χ1n) is 7.36. The highest BCUT2D eigenvalue weighted by atomic mass is 127. The number of hydrogen-bond donors (Lipinski definition) is 0. The molecular formula is C19H13Cl2IO3. The molecule has 128 valence electrons. The van der Waals surface area contributed by atoms with Gasteiger partial charge >= 0.3 is 5.97 Å². The molecule has 25 heavy (non-hydrogen) atoms. The second kappa shape index (κ2) is 7.81. The van der Waals surface area contributed by atoms with Crippen LogP contribution >= 0.6 is 45.8 Å². The van der Waals surface area contributed by atoms with Gasteiger partial charge in [-0.25, -0.2) is 4.79 Å². The van der Waals surface area contributed by atoms with Crippen molar-refractivity contribution in [2.24, 2.45) is 0 Å². The summed E-state index contributed by atoms with van der Waals surface area (Å²) in [6.45, 7) is 0.363. The van der Waals surface area contributed by atoms with Crippen molar-refractivity contribution in [2.45, 2.75) is 6.61 Å². The highest BCUT2D eigenvalue weighted by molar-refractivity contribution is 14.1. The normalized spacial score (nSPS) is 10.7. The predicted octanol–water partition coefficient (Wildman–Crippen LogP) is 6.12. The molecule has 3 aromatic carbocycles. The third-order valence-corrected chi connectivity index (χ3v) is 5.21. The maximum Gasteiger partial charge on any atom is 0.337 e. The largest absolute Gasteiger partial charge is 0.488 e. The lowest BCUT2D eigenvalue weighted by Crippen LogP contribution is -2.01. The molecule has 0 aliphatic carbocycles. The Morgan fingerprint density at radius 2 is 1.76 bits per heavy atom. The number of carbonyl (C=O) groups is 1. The first-order chi connectivity index (χ1) is 12.0. The quantitative estimate of drug-likeness (QED) is 0.329. The lowest BCUT2D eigenvalue weighted by atomic mass is 10.1. The molecule has 3 rings (SSSR count). The summed E-state index contributed by atoms with van der Waals surface area (Å²) < 4.78 is 11.7. The lowest BCUT2D eigenvalue weighted by molar-refractivity contribution is 0.0601. The molecule has 0 spiro atoms. The van der Waals surface area contributed by atoms with Gasteiger partial charge in [0.1, 0.15) is 12.4 Å². The zero-order valence-corrected chi connectivity index (χ0v) is 16.9. The maximum atomic E-state index is 11.7. The molecule has 0 N–H and O–H groups in total.